The maximum atomic E-state index is 13.3. The quantitative estimate of drug-likeness (QED) is 0.597. The summed E-state index contributed by atoms with van der Waals surface area (Å²) in [5.41, 5.74) is 7.80. The van der Waals surface area contributed by atoms with Gasteiger partial charge in [0.05, 0.1) is 17.6 Å². The third kappa shape index (κ3) is 4.18. The number of halogens is 2. The fourth-order valence-electron chi connectivity index (χ4n) is 3.04. The summed E-state index contributed by atoms with van der Waals surface area (Å²) >= 11 is 11.7. The molecule has 0 aliphatic rings. The third-order valence-corrected chi connectivity index (χ3v) is 7.70. The van der Waals surface area contributed by atoms with E-state index in [1.54, 1.807) is 44.6 Å². The van der Waals surface area contributed by atoms with Crippen LogP contribution in [0.25, 0.3) is 0 Å². The van der Waals surface area contributed by atoms with Crippen molar-refractivity contribution in [1.29, 1.82) is 0 Å². The van der Waals surface area contributed by atoms with Gasteiger partial charge in [0.15, 0.2) is 5.95 Å². The smallest absolute Gasteiger partial charge is 0.245 e. The fourth-order valence-corrected chi connectivity index (χ4v) is 4.99. The summed E-state index contributed by atoms with van der Waals surface area (Å²) < 4.78 is 28.3. The van der Waals surface area contributed by atoms with Crippen molar-refractivity contribution in [3.05, 3.63) is 36.2 Å². The van der Waals surface area contributed by atoms with Crippen molar-refractivity contribution in [1.82, 2.24) is 9.55 Å². The predicted octanol–water partition coefficient (Wildman–Crippen LogP) is 2.99. The van der Waals surface area contributed by atoms with Gasteiger partial charge >= 0.3 is 0 Å². The fraction of sp³-hybridized carbons (Fsp3) is 0.500. The van der Waals surface area contributed by atoms with Gasteiger partial charge in [0.2, 0.25) is 10.0 Å². The molecule has 0 bridgehead atoms. The van der Waals surface area contributed by atoms with Crippen LogP contribution in [0.15, 0.2) is 30.5 Å². The van der Waals surface area contributed by atoms with Crippen LogP contribution in [-0.4, -0.2) is 49.9 Å². The standard InChI is InChI=1S/C18H27Cl2N5O2S/c1-18(2,16-13-22-17(21)23(16)3)28(26,27)24(4)14-5-7-15(8-6-14)25(11-9-19)12-10-20/h5-8,13H,9-12H2,1-4H3,(H2,21,22). The summed E-state index contributed by atoms with van der Waals surface area (Å²) in [5, 5.41) is 0. The van der Waals surface area contributed by atoms with Crippen molar-refractivity contribution < 1.29 is 8.42 Å². The average Bonchev–Trinajstić information content (AvgIpc) is 3.00. The van der Waals surface area contributed by atoms with Gasteiger partial charge < -0.3 is 15.2 Å². The maximum absolute atomic E-state index is 13.3. The van der Waals surface area contributed by atoms with Crippen molar-refractivity contribution in [2.45, 2.75) is 18.6 Å². The number of hydrogen-bond donors (Lipinski definition) is 1. The maximum Gasteiger partial charge on any atom is 0.245 e. The molecule has 0 atom stereocenters. The van der Waals surface area contributed by atoms with E-state index in [0.29, 0.717) is 36.2 Å². The molecule has 1 aromatic carbocycles. The molecule has 2 N–H and O–H groups in total. The molecule has 0 aliphatic heterocycles. The van der Waals surface area contributed by atoms with Crippen LogP contribution >= 0.6 is 23.2 Å². The molecule has 0 unspecified atom stereocenters. The molecule has 7 nitrogen and oxygen atoms in total. The van der Waals surface area contributed by atoms with E-state index in [9.17, 15) is 8.42 Å². The second-order valence-corrected chi connectivity index (χ2v) is 10.2. The molecule has 10 heteroatoms. The van der Waals surface area contributed by atoms with Crippen LogP contribution in [-0.2, 0) is 21.8 Å². The number of hydrogen-bond acceptors (Lipinski definition) is 5. The molecule has 0 radical (unpaired) electrons. The van der Waals surface area contributed by atoms with Crippen LogP contribution in [0.1, 0.15) is 19.5 Å². The molecule has 156 valence electrons. The van der Waals surface area contributed by atoms with Crippen LogP contribution in [0.2, 0.25) is 0 Å². The summed E-state index contributed by atoms with van der Waals surface area (Å²) in [4.78, 5) is 6.08. The van der Waals surface area contributed by atoms with E-state index in [2.05, 4.69) is 9.88 Å². The van der Waals surface area contributed by atoms with E-state index >= 15 is 0 Å². The minimum Gasteiger partial charge on any atom is -0.369 e. The van der Waals surface area contributed by atoms with Gasteiger partial charge in [-0.05, 0) is 38.1 Å². The van der Waals surface area contributed by atoms with Crippen molar-refractivity contribution in [3.8, 4) is 0 Å². The van der Waals surface area contributed by atoms with E-state index in [0.717, 1.165) is 5.69 Å². The lowest BCUT2D eigenvalue weighted by molar-refractivity contribution is 0.541. The molecule has 1 aromatic heterocycles. The van der Waals surface area contributed by atoms with Gasteiger partial charge in [-0.15, -0.1) is 23.2 Å². The Hall–Kier alpha value is -1.64. The lowest BCUT2D eigenvalue weighted by Gasteiger charge is -2.32. The first-order chi connectivity index (χ1) is 13.1. The zero-order valence-corrected chi connectivity index (χ0v) is 18.9. The topological polar surface area (TPSA) is 84.5 Å². The first-order valence-corrected chi connectivity index (χ1v) is 11.3. The summed E-state index contributed by atoms with van der Waals surface area (Å²) in [6.45, 7) is 4.62. The number of nitrogen functional groups attached to an aromatic ring is 1. The number of aromatic nitrogens is 2. The number of alkyl halides is 2. The zero-order chi connectivity index (χ0) is 21.1. The van der Waals surface area contributed by atoms with Gasteiger partial charge in [-0.1, -0.05) is 0 Å². The van der Waals surface area contributed by atoms with Gasteiger partial charge in [-0.3, -0.25) is 4.31 Å². The molecule has 2 aromatic rings. The van der Waals surface area contributed by atoms with Crippen LogP contribution in [0, 0.1) is 0 Å². The minimum absolute atomic E-state index is 0.268. The van der Waals surface area contributed by atoms with E-state index in [1.807, 2.05) is 12.1 Å². The highest BCUT2D eigenvalue weighted by atomic mass is 35.5. The van der Waals surface area contributed by atoms with Gasteiger partial charge in [-0.2, -0.15) is 0 Å². The number of anilines is 3. The van der Waals surface area contributed by atoms with Gasteiger partial charge in [0.1, 0.15) is 4.75 Å². The number of sulfonamides is 1. The molecule has 0 aliphatic carbocycles. The molecule has 0 spiro atoms. The Morgan fingerprint density at radius 2 is 1.61 bits per heavy atom. The van der Waals surface area contributed by atoms with Crippen LogP contribution < -0.4 is 14.9 Å². The molecule has 2 rings (SSSR count). The zero-order valence-electron chi connectivity index (χ0n) is 16.6. The minimum atomic E-state index is -3.75. The highest BCUT2D eigenvalue weighted by Gasteiger charge is 2.42. The summed E-state index contributed by atoms with van der Waals surface area (Å²) in [6, 6.07) is 7.29. The molecular weight excluding hydrogens is 421 g/mol. The van der Waals surface area contributed by atoms with Crippen LogP contribution in [0.3, 0.4) is 0 Å². The Bertz CT molecular complexity index is 891. The lowest BCUT2D eigenvalue weighted by Crippen LogP contribution is -2.42. The van der Waals surface area contributed by atoms with Gasteiger partial charge in [-0.25, -0.2) is 13.4 Å². The number of rotatable bonds is 9. The van der Waals surface area contributed by atoms with Gasteiger partial charge in [0.25, 0.3) is 0 Å². The predicted molar refractivity (Wildman–Crippen MR) is 118 cm³/mol. The first kappa shape index (κ1) is 22.6. The van der Waals surface area contributed by atoms with E-state index in [4.69, 9.17) is 28.9 Å². The molecule has 1 heterocycles. The van der Waals surface area contributed by atoms with Crippen molar-refractivity contribution in [2.24, 2.45) is 7.05 Å². The first-order valence-electron chi connectivity index (χ1n) is 8.81. The Balaban J connectivity index is 2.33. The average molecular weight is 448 g/mol. The molecule has 28 heavy (non-hydrogen) atoms. The third-order valence-electron chi connectivity index (χ3n) is 4.93. The lowest BCUT2D eigenvalue weighted by atomic mass is 10.1. The number of imidazole rings is 1. The highest BCUT2D eigenvalue weighted by Crippen LogP contribution is 2.35. The molecule has 0 saturated carbocycles. The van der Waals surface area contributed by atoms with Crippen molar-refractivity contribution >= 4 is 50.5 Å². The Labute approximate surface area is 177 Å². The summed E-state index contributed by atoms with van der Waals surface area (Å²) in [5.74, 6) is 1.23. The molecule has 0 saturated heterocycles. The second-order valence-electron chi connectivity index (χ2n) is 6.92. The van der Waals surface area contributed by atoms with Crippen molar-refractivity contribution in [2.75, 3.05) is 46.8 Å². The van der Waals surface area contributed by atoms with E-state index in [1.165, 1.54) is 10.5 Å². The number of nitrogens with two attached hydrogens (primary N) is 1. The van der Waals surface area contributed by atoms with Crippen LogP contribution in [0.5, 0.6) is 0 Å². The number of benzene rings is 1. The summed E-state index contributed by atoms with van der Waals surface area (Å²) in [6.07, 6.45) is 1.50. The monoisotopic (exact) mass is 447 g/mol. The van der Waals surface area contributed by atoms with Crippen molar-refractivity contribution in [3.63, 3.8) is 0 Å². The van der Waals surface area contributed by atoms with E-state index in [-0.39, 0.29) is 5.95 Å². The van der Waals surface area contributed by atoms with Gasteiger partial charge in [0, 0.05) is 44.6 Å². The normalized spacial score (nSPS) is 12.2. The van der Waals surface area contributed by atoms with Crippen LogP contribution in [0.4, 0.5) is 17.3 Å². The SMILES string of the molecule is CN(c1ccc(N(CCCl)CCCl)cc1)S(=O)(=O)C(C)(C)c1cnc(N)n1C. The Morgan fingerprint density at radius 3 is 2.04 bits per heavy atom. The Kier molecular flexibility index (Phi) is 7.12. The largest absolute Gasteiger partial charge is 0.369 e. The molecule has 0 fully saturated rings. The number of nitrogens with zero attached hydrogens (tertiary/aromatic N) is 4. The Morgan fingerprint density at radius 1 is 1.11 bits per heavy atom. The van der Waals surface area contributed by atoms with E-state index < -0.39 is 14.8 Å². The summed E-state index contributed by atoms with van der Waals surface area (Å²) in [7, 11) is -0.503. The second kappa shape index (κ2) is 8.80. The molecular formula is C18H27Cl2N5O2S. The highest BCUT2D eigenvalue weighted by molar-refractivity contribution is 7.93. The molecule has 0 amide bonds.